The fourth-order valence-electron chi connectivity index (χ4n) is 3.61. The fourth-order valence-corrected chi connectivity index (χ4v) is 3.61. The summed E-state index contributed by atoms with van der Waals surface area (Å²) in [5.74, 6) is 1.53. The number of hydrogen-bond acceptors (Lipinski definition) is 6. The molecule has 10 nitrogen and oxygen atoms in total. The number of morpholine rings is 1. The first kappa shape index (κ1) is 19.9. The van der Waals surface area contributed by atoms with Gasteiger partial charge < -0.3 is 30.9 Å². The van der Waals surface area contributed by atoms with Crippen LogP contribution in [-0.4, -0.2) is 59.7 Å². The van der Waals surface area contributed by atoms with Crippen LogP contribution in [0.4, 0.5) is 16.3 Å². The van der Waals surface area contributed by atoms with Gasteiger partial charge in [0.2, 0.25) is 0 Å². The van der Waals surface area contributed by atoms with Crippen molar-refractivity contribution in [2.75, 3.05) is 43.1 Å². The molecule has 2 aromatic rings. The molecule has 0 atom stereocenters. The number of nitrogens with two attached hydrogens (primary N) is 1. The highest BCUT2D eigenvalue weighted by Gasteiger charge is 2.29. The number of nitrogens with zero attached hydrogens (tertiary/aromatic N) is 4. The maximum atomic E-state index is 11.7. The fraction of sp³-hybridized carbons (Fsp3) is 0.400. The highest BCUT2D eigenvalue weighted by atomic mass is 16.5. The normalized spacial score (nSPS) is 15.6. The van der Waals surface area contributed by atoms with Gasteiger partial charge in [-0.05, 0) is 31.2 Å². The van der Waals surface area contributed by atoms with E-state index < -0.39 is 0 Å². The molecular weight excluding hydrogens is 384 g/mol. The van der Waals surface area contributed by atoms with Crippen LogP contribution in [0.1, 0.15) is 18.2 Å². The van der Waals surface area contributed by atoms with E-state index in [4.69, 9.17) is 25.8 Å². The Hall–Kier alpha value is -3.40. The summed E-state index contributed by atoms with van der Waals surface area (Å²) in [6.45, 7) is 6.30. The Labute approximate surface area is 174 Å². The predicted octanol–water partition coefficient (Wildman–Crippen LogP) is 1.33. The average molecular weight is 410 g/mol. The number of ether oxygens (including phenoxy) is 1. The van der Waals surface area contributed by atoms with Crippen LogP contribution in [0.25, 0.3) is 11.4 Å². The summed E-state index contributed by atoms with van der Waals surface area (Å²) in [5, 5.41) is 13.3. The molecule has 2 aliphatic rings. The number of hydrogen-bond donors (Lipinski definition) is 4. The van der Waals surface area contributed by atoms with Crippen molar-refractivity contribution in [2.45, 2.75) is 20.0 Å². The maximum absolute atomic E-state index is 11.7. The van der Waals surface area contributed by atoms with Crippen molar-refractivity contribution in [3.05, 3.63) is 35.5 Å². The molecule has 1 aromatic heterocycles. The van der Waals surface area contributed by atoms with E-state index in [2.05, 4.69) is 15.5 Å². The predicted molar refractivity (Wildman–Crippen MR) is 114 cm³/mol. The van der Waals surface area contributed by atoms with E-state index in [-0.39, 0.29) is 12.0 Å². The lowest BCUT2D eigenvalue weighted by atomic mass is 10.1. The molecule has 10 heteroatoms. The zero-order valence-electron chi connectivity index (χ0n) is 16.9. The van der Waals surface area contributed by atoms with Crippen molar-refractivity contribution in [2.24, 2.45) is 5.73 Å². The Morgan fingerprint density at radius 2 is 1.93 bits per heavy atom. The van der Waals surface area contributed by atoms with Gasteiger partial charge in [0, 0.05) is 36.4 Å². The summed E-state index contributed by atoms with van der Waals surface area (Å²) in [5.41, 5.74) is 9.18. The summed E-state index contributed by atoms with van der Waals surface area (Å²) in [4.78, 5) is 25.3. The van der Waals surface area contributed by atoms with Crippen LogP contribution in [0.2, 0.25) is 0 Å². The number of anilines is 2. The van der Waals surface area contributed by atoms with Crippen molar-refractivity contribution in [1.29, 1.82) is 5.41 Å². The van der Waals surface area contributed by atoms with E-state index in [9.17, 15) is 4.79 Å². The van der Waals surface area contributed by atoms with Gasteiger partial charge in [0.1, 0.15) is 5.82 Å². The van der Waals surface area contributed by atoms with Gasteiger partial charge in [-0.1, -0.05) is 0 Å². The standard InChI is InChI=1S/C20H26N8O2/c1-2-23-20(29)24-14-5-3-13(4-6-14)17-25-16-12-28(19(21)22)11-15(16)18(26-17)27-7-9-30-10-8-27/h3-6H,2,7-12H2,1H3,(H3,21,22)(H2,23,24,29). The number of carbonyl (C=O) groups excluding carboxylic acids is 1. The molecular formula is C20H26N8O2. The lowest BCUT2D eigenvalue weighted by molar-refractivity contribution is 0.122. The van der Waals surface area contributed by atoms with E-state index in [1.165, 1.54) is 0 Å². The van der Waals surface area contributed by atoms with Gasteiger partial charge in [-0.15, -0.1) is 0 Å². The second kappa shape index (κ2) is 8.54. The number of guanidine groups is 1. The highest BCUT2D eigenvalue weighted by molar-refractivity contribution is 5.89. The molecule has 4 rings (SSSR count). The summed E-state index contributed by atoms with van der Waals surface area (Å²) in [6, 6.07) is 7.21. The molecule has 0 unspecified atom stereocenters. The van der Waals surface area contributed by atoms with Crippen LogP contribution < -0.4 is 21.3 Å². The number of urea groups is 1. The molecule has 0 radical (unpaired) electrons. The number of benzene rings is 1. The highest BCUT2D eigenvalue weighted by Crippen LogP contribution is 2.32. The third-order valence-electron chi connectivity index (χ3n) is 5.15. The van der Waals surface area contributed by atoms with Crippen LogP contribution in [0.15, 0.2) is 24.3 Å². The van der Waals surface area contributed by atoms with Crippen LogP contribution in [-0.2, 0) is 17.8 Å². The Balaban J connectivity index is 1.64. The lowest BCUT2D eigenvalue weighted by Gasteiger charge is -2.29. The molecule has 158 valence electrons. The maximum Gasteiger partial charge on any atom is 0.319 e. The monoisotopic (exact) mass is 410 g/mol. The van der Waals surface area contributed by atoms with Gasteiger partial charge in [0.05, 0.1) is 32.0 Å². The minimum Gasteiger partial charge on any atom is -0.378 e. The third kappa shape index (κ3) is 4.13. The number of rotatable bonds is 4. The third-order valence-corrected chi connectivity index (χ3v) is 5.15. The van der Waals surface area contributed by atoms with Crippen LogP contribution in [0.5, 0.6) is 0 Å². The molecule has 1 fully saturated rings. The van der Waals surface area contributed by atoms with Crippen LogP contribution >= 0.6 is 0 Å². The lowest BCUT2D eigenvalue weighted by Crippen LogP contribution is -2.37. The van der Waals surface area contributed by atoms with Crippen molar-refractivity contribution >= 4 is 23.5 Å². The molecule has 0 aliphatic carbocycles. The molecule has 1 aromatic carbocycles. The second-order valence-electron chi connectivity index (χ2n) is 7.20. The van der Waals surface area contributed by atoms with Gasteiger partial charge >= 0.3 is 6.03 Å². The van der Waals surface area contributed by atoms with E-state index in [1.807, 2.05) is 31.2 Å². The molecule has 30 heavy (non-hydrogen) atoms. The van der Waals surface area contributed by atoms with Crippen LogP contribution in [0, 0.1) is 5.41 Å². The minimum absolute atomic E-state index is 0.0308. The van der Waals surface area contributed by atoms with Crippen molar-refractivity contribution in [1.82, 2.24) is 20.2 Å². The average Bonchev–Trinajstić information content (AvgIpc) is 3.19. The summed E-state index contributed by atoms with van der Waals surface area (Å²) >= 11 is 0. The summed E-state index contributed by atoms with van der Waals surface area (Å²) in [7, 11) is 0. The minimum atomic E-state index is -0.238. The van der Waals surface area contributed by atoms with E-state index in [0.717, 1.165) is 35.7 Å². The molecule has 1 saturated heterocycles. The van der Waals surface area contributed by atoms with E-state index in [1.54, 1.807) is 4.90 Å². The molecule has 2 aliphatic heterocycles. The van der Waals surface area contributed by atoms with Gasteiger partial charge in [0.25, 0.3) is 0 Å². The molecule has 0 saturated carbocycles. The molecule has 5 N–H and O–H groups in total. The summed E-state index contributed by atoms with van der Waals surface area (Å²) < 4.78 is 5.49. The first-order valence-corrected chi connectivity index (χ1v) is 10.0. The topological polar surface area (TPSA) is 132 Å². The first-order valence-electron chi connectivity index (χ1n) is 10.0. The first-order chi connectivity index (χ1) is 14.5. The molecule has 0 bridgehead atoms. The number of carbonyl (C=O) groups is 1. The quantitative estimate of drug-likeness (QED) is 0.441. The van der Waals surface area contributed by atoms with Crippen molar-refractivity contribution < 1.29 is 9.53 Å². The largest absolute Gasteiger partial charge is 0.378 e. The van der Waals surface area contributed by atoms with Gasteiger partial charge in [-0.25, -0.2) is 14.8 Å². The molecule has 0 spiro atoms. The zero-order valence-corrected chi connectivity index (χ0v) is 16.9. The smallest absolute Gasteiger partial charge is 0.319 e. The van der Waals surface area contributed by atoms with Gasteiger partial charge in [0.15, 0.2) is 11.8 Å². The number of amides is 2. The Bertz CT molecular complexity index is 941. The number of aromatic nitrogens is 2. The van der Waals surface area contributed by atoms with E-state index >= 15 is 0 Å². The van der Waals surface area contributed by atoms with Crippen molar-refractivity contribution in [3.8, 4) is 11.4 Å². The summed E-state index contributed by atoms with van der Waals surface area (Å²) in [6.07, 6.45) is 0. The van der Waals surface area contributed by atoms with Crippen molar-refractivity contribution in [3.63, 3.8) is 0 Å². The van der Waals surface area contributed by atoms with Crippen LogP contribution in [0.3, 0.4) is 0 Å². The molecule has 3 heterocycles. The molecule has 2 amide bonds. The SMILES string of the molecule is CCNC(=O)Nc1ccc(-c2nc3c(c(N4CCOCC4)n2)CN(C(=N)N)C3)cc1. The Morgan fingerprint density at radius 1 is 1.20 bits per heavy atom. The Morgan fingerprint density at radius 3 is 2.60 bits per heavy atom. The zero-order chi connectivity index (χ0) is 21.1. The van der Waals surface area contributed by atoms with Gasteiger partial charge in [-0.3, -0.25) is 5.41 Å². The number of nitrogens with one attached hydrogen (secondary N) is 3. The van der Waals surface area contributed by atoms with Gasteiger partial charge in [-0.2, -0.15) is 0 Å². The Kier molecular flexibility index (Phi) is 5.66. The second-order valence-corrected chi connectivity index (χ2v) is 7.20. The van der Waals surface area contributed by atoms with E-state index in [0.29, 0.717) is 44.4 Å². The number of fused-ring (bicyclic) bond motifs is 1.